The number of carboxylic acid groups (broad SMARTS) is 1. The molecule has 3 aromatic carbocycles. The minimum Gasteiger partial charge on any atom is -0.475 e. The average Bonchev–Trinajstić information content (AvgIpc) is 2.80. The van der Waals surface area contributed by atoms with Gasteiger partial charge in [0.25, 0.3) is 0 Å². The number of nitrogens with zero attached hydrogens (tertiary/aromatic N) is 1. The number of carbonyl (C=O) groups is 1. The summed E-state index contributed by atoms with van der Waals surface area (Å²) in [6, 6.07) is 22.3. The summed E-state index contributed by atoms with van der Waals surface area (Å²) in [7, 11) is 0. The van der Waals surface area contributed by atoms with E-state index in [0.717, 1.165) is 29.8 Å². The molecule has 1 aliphatic rings. The molecule has 170 valence electrons. The molecule has 2 N–H and O–H groups in total. The lowest BCUT2D eigenvalue weighted by Gasteiger charge is -2.27. The number of fused-ring (bicyclic) bond motifs is 1. The van der Waals surface area contributed by atoms with Crippen LogP contribution in [0.2, 0.25) is 10.0 Å². The Morgan fingerprint density at radius 3 is 2.36 bits per heavy atom. The first-order valence-electron chi connectivity index (χ1n) is 9.69. The van der Waals surface area contributed by atoms with E-state index in [9.17, 15) is 13.2 Å². The lowest BCUT2D eigenvalue weighted by Crippen LogP contribution is -2.28. The smallest absolute Gasteiger partial charge is 0.475 e. The molecule has 0 aromatic heterocycles. The zero-order valence-electron chi connectivity index (χ0n) is 17.0. The number of alkyl halides is 3. The molecule has 0 amide bonds. The number of nitrogens with one attached hydrogen (secondary N) is 1. The van der Waals surface area contributed by atoms with Crippen LogP contribution in [-0.4, -0.2) is 23.8 Å². The highest BCUT2D eigenvalue weighted by Crippen LogP contribution is 2.35. The molecule has 3 aromatic rings. The Kier molecular flexibility index (Phi) is 7.65. The Morgan fingerprint density at radius 1 is 1.03 bits per heavy atom. The standard InChI is InChI=1S/C22H16Cl2N2.C2HF3O2/c23-21-7-5-17(10-22(21)24)20-13-26-12-18-9-16(4-6-19(18)20)15-3-1-2-14(8-15)11-25;3-2(4,5)1(6)7/h1-10,20,26H,12-13H2;(H,6,7). The Labute approximate surface area is 198 Å². The number of hydrogen-bond donors (Lipinski definition) is 2. The second-order valence-corrected chi connectivity index (χ2v) is 8.08. The number of rotatable bonds is 2. The van der Waals surface area contributed by atoms with Gasteiger partial charge in [-0.25, -0.2) is 4.79 Å². The summed E-state index contributed by atoms with van der Waals surface area (Å²) in [6.45, 7) is 1.70. The van der Waals surface area contributed by atoms with Crippen molar-refractivity contribution in [3.05, 3.63) is 93.0 Å². The molecule has 0 bridgehead atoms. The van der Waals surface area contributed by atoms with Crippen molar-refractivity contribution in [2.24, 2.45) is 0 Å². The quantitative estimate of drug-likeness (QED) is 0.434. The number of benzene rings is 3. The van der Waals surface area contributed by atoms with Crippen molar-refractivity contribution in [2.75, 3.05) is 6.54 Å². The van der Waals surface area contributed by atoms with Gasteiger partial charge >= 0.3 is 12.1 Å². The van der Waals surface area contributed by atoms with E-state index in [1.165, 1.54) is 11.1 Å². The van der Waals surface area contributed by atoms with E-state index in [4.69, 9.17) is 38.4 Å². The molecule has 1 heterocycles. The van der Waals surface area contributed by atoms with Crippen LogP contribution < -0.4 is 5.32 Å². The van der Waals surface area contributed by atoms with Crippen LogP contribution in [0.4, 0.5) is 13.2 Å². The van der Waals surface area contributed by atoms with Gasteiger partial charge in [-0.3, -0.25) is 0 Å². The number of halogens is 5. The molecule has 4 rings (SSSR count). The lowest BCUT2D eigenvalue weighted by atomic mass is 9.84. The number of nitriles is 1. The minimum atomic E-state index is -5.08. The van der Waals surface area contributed by atoms with Gasteiger partial charge in [0.1, 0.15) is 0 Å². The molecule has 1 unspecified atom stereocenters. The summed E-state index contributed by atoms with van der Waals surface area (Å²) in [4.78, 5) is 8.90. The fourth-order valence-electron chi connectivity index (χ4n) is 3.53. The van der Waals surface area contributed by atoms with Crippen LogP contribution in [0.5, 0.6) is 0 Å². The van der Waals surface area contributed by atoms with Crippen LogP contribution in [0.15, 0.2) is 60.7 Å². The molecule has 0 spiro atoms. The number of carboxylic acids is 1. The molecule has 1 aliphatic heterocycles. The summed E-state index contributed by atoms with van der Waals surface area (Å²) < 4.78 is 31.7. The largest absolute Gasteiger partial charge is 0.490 e. The number of aliphatic carboxylic acids is 1. The summed E-state index contributed by atoms with van der Waals surface area (Å²) >= 11 is 12.3. The molecule has 9 heteroatoms. The molecular weight excluding hydrogens is 476 g/mol. The number of hydrogen-bond acceptors (Lipinski definition) is 3. The summed E-state index contributed by atoms with van der Waals surface area (Å²) in [5.74, 6) is -2.51. The van der Waals surface area contributed by atoms with E-state index in [1.54, 1.807) is 0 Å². The highest BCUT2D eigenvalue weighted by atomic mass is 35.5. The van der Waals surface area contributed by atoms with Crippen molar-refractivity contribution >= 4 is 29.2 Å². The first-order chi connectivity index (χ1) is 15.6. The van der Waals surface area contributed by atoms with Gasteiger partial charge in [-0.05, 0) is 58.1 Å². The Balaban J connectivity index is 0.000000383. The van der Waals surface area contributed by atoms with E-state index >= 15 is 0 Å². The average molecular weight is 493 g/mol. The monoisotopic (exact) mass is 492 g/mol. The third kappa shape index (κ3) is 6.05. The van der Waals surface area contributed by atoms with Crippen LogP contribution in [0.25, 0.3) is 11.1 Å². The van der Waals surface area contributed by atoms with Crippen molar-refractivity contribution in [1.29, 1.82) is 5.26 Å². The van der Waals surface area contributed by atoms with Crippen molar-refractivity contribution < 1.29 is 23.1 Å². The maximum atomic E-state index is 10.6. The molecule has 0 saturated carbocycles. The summed E-state index contributed by atoms with van der Waals surface area (Å²) in [5.41, 5.74) is 6.59. The lowest BCUT2D eigenvalue weighted by molar-refractivity contribution is -0.192. The minimum absolute atomic E-state index is 0.244. The fourth-order valence-corrected chi connectivity index (χ4v) is 3.84. The molecule has 0 aliphatic carbocycles. The van der Waals surface area contributed by atoms with Gasteiger partial charge in [0.05, 0.1) is 21.7 Å². The topological polar surface area (TPSA) is 73.1 Å². The van der Waals surface area contributed by atoms with E-state index in [2.05, 4.69) is 29.6 Å². The van der Waals surface area contributed by atoms with Crippen LogP contribution in [0.1, 0.15) is 28.2 Å². The highest BCUT2D eigenvalue weighted by molar-refractivity contribution is 6.42. The van der Waals surface area contributed by atoms with Gasteiger partial charge in [0, 0.05) is 19.0 Å². The Hall–Kier alpha value is -3.05. The van der Waals surface area contributed by atoms with E-state index < -0.39 is 12.1 Å². The van der Waals surface area contributed by atoms with E-state index in [0.29, 0.717) is 15.6 Å². The predicted molar refractivity (Wildman–Crippen MR) is 120 cm³/mol. The van der Waals surface area contributed by atoms with E-state index in [1.807, 2.05) is 42.5 Å². The zero-order chi connectivity index (χ0) is 24.2. The van der Waals surface area contributed by atoms with Gasteiger partial charge in [0.15, 0.2) is 0 Å². The molecule has 4 nitrogen and oxygen atoms in total. The van der Waals surface area contributed by atoms with Crippen molar-refractivity contribution in [3.8, 4) is 17.2 Å². The SMILES string of the molecule is N#Cc1cccc(-c2ccc3c(c2)CNCC3c2ccc(Cl)c(Cl)c2)c1.O=C(O)C(F)(F)F. The molecule has 0 radical (unpaired) electrons. The van der Waals surface area contributed by atoms with Crippen LogP contribution >= 0.6 is 23.2 Å². The van der Waals surface area contributed by atoms with Crippen molar-refractivity contribution in [2.45, 2.75) is 18.6 Å². The normalized spacial score (nSPS) is 15.0. The molecule has 0 saturated heterocycles. The third-order valence-electron chi connectivity index (χ3n) is 5.10. The zero-order valence-corrected chi connectivity index (χ0v) is 18.5. The van der Waals surface area contributed by atoms with Gasteiger partial charge in [-0.1, -0.05) is 53.5 Å². The van der Waals surface area contributed by atoms with Crippen LogP contribution in [0.3, 0.4) is 0 Å². The van der Waals surface area contributed by atoms with Crippen molar-refractivity contribution in [1.82, 2.24) is 5.32 Å². The molecule has 33 heavy (non-hydrogen) atoms. The van der Waals surface area contributed by atoms with Gasteiger partial charge in [-0.2, -0.15) is 18.4 Å². The molecule has 1 atom stereocenters. The maximum Gasteiger partial charge on any atom is 0.490 e. The fraction of sp³-hybridized carbons (Fsp3) is 0.167. The molecular formula is C24H17Cl2F3N2O2. The highest BCUT2D eigenvalue weighted by Gasteiger charge is 2.38. The summed E-state index contributed by atoms with van der Waals surface area (Å²) in [5, 5.41) is 20.9. The van der Waals surface area contributed by atoms with Gasteiger partial charge in [-0.15, -0.1) is 0 Å². The summed E-state index contributed by atoms with van der Waals surface area (Å²) in [6.07, 6.45) is -5.08. The first-order valence-corrected chi connectivity index (χ1v) is 10.4. The van der Waals surface area contributed by atoms with E-state index in [-0.39, 0.29) is 5.92 Å². The van der Waals surface area contributed by atoms with Gasteiger partial charge < -0.3 is 10.4 Å². The van der Waals surface area contributed by atoms with Crippen molar-refractivity contribution in [3.63, 3.8) is 0 Å². The van der Waals surface area contributed by atoms with Crippen LogP contribution in [-0.2, 0) is 11.3 Å². The third-order valence-corrected chi connectivity index (χ3v) is 5.83. The van der Waals surface area contributed by atoms with Gasteiger partial charge in [0.2, 0.25) is 0 Å². The second-order valence-electron chi connectivity index (χ2n) is 7.27. The Morgan fingerprint density at radius 2 is 1.73 bits per heavy atom. The predicted octanol–water partition coefficient (Wildman–Crippen LogP) is 6.40. The maximum absolute atomic E-state index is 10.6. The Bertz CT molecular complexity index is 1220. The second kappa shape index (κ2) is 10.3. The molecule has 0 fully saturated rings. The van der Waals surface area contributed by atoms with Crippen LogP contribution in [0, 0.1) is 11.3 Å². The first kappa shape index (κ1) is 24.6.